The number of hydrogen-bond acceptors (Lipinski definition) is 7. The van der Waals surface area contributed by atoms with Crippen molar-refractivity contribution in [1.29, 1.82) is 0 Å². The van der Waals surface area contributed by atoms with Crippen LogP contribution in [0.15, 0.2) is 23.4 Å². The van der Waals surface area contributed by atoms with Gasteiger partial charge < -0.3 is 18.9 Å². The summed E-state index contributed by atoms with van der Waals surface area (Å²) in [6.45, 7) is 8.25. The van der Waals surface area contributed by atoms with Gasteiger partial charge in [0, 0.05) is 11.6 Å². The highest BCUT2D eigenvalue weighted by Crippen LogP contribution is 2.39. The number of carbonyl (C=O) groups excluding carboxylic acids is 1. The summed E-state index contributed by atoms with van der Waals surface area (Å²) < 4.78 is 24.3. The molecule has 0 aliphatic carbocycles. The Kier molecular flexibility index (Phi) is 12.6. The number of anilines is 1. The van der Waals surface area contributed by atoms with Crippen molar-refractivity contribution in [2.75, 3.05) is 11.9 Å². The zero-order valence-electron chi connectivity index (χ0n) is 23.0. The first-order chi connectivity index (χ1) is 18.2. The smallest absolute Gasteiger partial charge is 0.350 e. The van der Waals surface area contributed by atoms with Crippen molar-refractivity contribution < 1.29 is 28.6 Å². The fourth-order valence-corrected chi connectivity index (χ4v) is 5.17. The molecule has 0 aromatic heterocycles. The van der Waals surface area contributed by atoms with Gasteiger partial charge in [-0.15, -0.1) is 0 Å². The van der Waals surface area contributed by atoms with Gasteiger partial charge in [-0.3, -0.25) is 10.2 Å². The summed E-state index contributed by atoms with van der Waals surface area (Å²) in [7, 11) is 0. The number of unbranched alkanes of at least 4 members (excludes halogenated alkanes) is 9. The summed E-state index contributed by atoms with van der Waals surface area (Å²) in [6, 6.07) is 4.71. The van der Waals surface area contributed by atoms with Crippen molar-refractivity contribution in [2.24, 2.45) is 5.16 Å². The van der Waals surface area contributed by atoms with Gasteiger partial charge >= 0.3 is 6.09 Å². The van der Waals surface area contributed by atoms with E-state index in [1.54, 1.807) is 19.1 Å². The second kappa shape index (κ2) is 15.4. The Morgan fingerprint density at radius 2 is 1.63 bits per heavy atom. The molecular weight excluding hydrogens is 531 g/mol. The van der Waals surface area contributed by atoms with E-state index in [1.165, 1.54) is 57.4 Å². The highest BCUT2D eigenvalue weighted by atomic mass is 35.5. The van der Waals surface area contributed by atoms with Crippen LogP contribution in [-0.2, 0) is 23.8 Å². The number of amides is 1. The first-order valence-electron chi connectivity index (χ1n) is 13.8. The van der Waals surface area contributed by atoms with Crippen LogP contribution < -0.4 is 5.32 Å². The van der Waals surface area contributed by atoms with E-state index in [0.29, 0.717) is 28.1 Å². The molecule has 2 heterocycles. The molecule has 2 fully saturated rings. The molecule has 0 saturated carbocycles. The lowest BCUT2D eigenvalue weighted by Crippen LogP contribution is -2.34. The average molecular weight is 574 g/mol. The predicted molar refractivity (Wildman–Crippen MR) is 150 cm³/mol. The Bertz CT molecular complexity index is 929. The third-order valence-corrected chi connectivity index (χ3v) is 7.19. The first kappa shape index (κ1) is 31.1. The van der Waals surface area contributed by atoms with Gasteiger partial charge in [-0.2, -0.15) is 0 Å². The molecular formula is C28H42Cl2N2O6. The quantitative estimate of drug-likeness (QED) is 0.0987. The lowest BCUT2D eigenvalue weighted by molar-refractivity contribution is -0.226. The van der Waals surface area contributed by atoms with Crippen LogP contribution in [0.25, 0.3) is 0 Å². The third kappa shape index (κ3) is 9.65. The zero-order valence-corrected chi connectivity index (χ0v) is 24.5. The maximum Gasteiger partial charge on any atom is 0.437 e. The number of oxime groups is 1. The topological polar surface area (TPSA) is 87.6 Å². The maximum absolute atomic E-state index is 12.2. The number of benzene rings is 1. The van der Waals surface area contributed by atoms with Crippen molar-refractivity contribution in [2.45, 2.75) is 122 Å². The van der Waals surface area contributed by atoms with Gasteiger partial charge in [0.05, 0.1) is 16.4 Å². The van der Waals surface area contributed by atoms with Crippen LogP contribution in [0.1, 0.15) is 91.9 Å². The van der Waals surface area contributed by atoms with E-state index in [4.69, 9.17) is 47.0 Å². The minimum absolute atomic E-state index is 0.290. The Morgan fingerprint density at radius 3 is 2.29 bits per heavy atom. The van der Waals surface area contributed by atoms with Gasteiger partial charge in [-0.05, 0) is 45.4 Å². The average Bonchev–Trinajstić information content (AvgIpc) is 3.35. The van der Waals surface area contributed by atoms with Gasteiger partial charge in [-0.1, -0.05) is 93.1 Å². The van der Waals surface area contributed by atoms with E-state index < -0.39 is 36.5 Å². The molecule has 214 valence electrons. The van der Waals surface area contributed by atoms with Crippen molar-refractivity contribution >= 4 is 40.7 Å². The van der Waals surface area contributed by atoms with Crippen LogP contribution in [0.5, 0.6) is 0 Å². The zero-order chi connectivity index (χ0) is 27.5. The predicted octanol–water partition coefficient (Wildman–Crippen LogP) is 8.10. The highest BCUT2D eigenvalue weighted by molar-refractivity contribution is 6.36. The molecule has 2 aliphatic rings. The molecule has 0 spiro atoms. The van der Waals surface area contributed by atoms with Crippen LogP contribution in [-0.4, -0.2) is 48.8 Å². The van der Waals surface area contributed by atoms with E-state index in [2.05, 4.69) is 17.4 Å². The molecule has 3 rings (SSSR count). The number of halogens is 2. The van der Waals surface area contributed by atoms with Gasteiger partial charge in [0.15, 0.2) is 12.1 Å². The second-order valence-corrected chi connectivity index (χ2v) is 11.2. The molecule has 0 radical (unpaired) electrons. The largest absolute Gasteiger partial charge is 0.437 e. The lowest BCUT2D eigenvalue weighted by atomic mass is 10.1. The first-order valence-corrected chi connectivity index (χ1v) is 14.6. The molecule has 8 nitrogen and oxygen atoms in total. The maximum atomic E-state index is 12.2. The third-order valence-electron chi connectivity index (χ3n) is 6.64. The van der Waals surface area contributed by atoms with Gasteiger partial charge in [0.25, 0.3) is 0 Å². The van der Waals surface area contributed by atoms with Crippen molar-refractivity contribution in [3.63, 3.8) is 0 Å². The van der Waals surface area contributed by atoms with Crippen LogP contribution in [0, 0.1) is 0 Å². The second-order valence-electron chi connectivity index (χ2n) is 10.4. The van der Waals surface area contributed by atoms with Crippen molar-refractivity contribution in [3.05, 3.63) is 28.2 Å². The van der Waals surface area contributed by atoms with Gasteiger partial charge in [0.2, 0.25) is 0 Å². The van der Waals surface area contributed by atoms with Gasteiger partial charge in [-0.25, -0.2) is 4.79 Å². The molecule has 1 amide bonds. The van der Waals surface area contributed by atoms with E-state index in [1.807, 2.05) is 13.8 Å². The van der Waals surface area contributed by atoms with E-state index in [9.17, 15) is 4.79 Å². The minimum atomic E-state index is -0.791. The molecule has 38 heavy (non-hydrogen) atoms. The number of rotatable bonds is 15. The highest BCUT2D eigenvalue weighted by Gasteiger charge is 2.56. The monoisotopic (exact) mass is 572 g/mol. The van der Waals surface area contributed by atoms with E-state index >= 15 is 0 Å². The number of nitrogens with zero attached hydrogens (tertiary/aromatic N) is 1. The summed E-state index contributed by atoms with van der Waals surface area (Å²) >= 11 is 12.0. The number of ether oxygens (including phenoxy) is 4. The fraction of sp³-hybridized carbons (Fsp3) is 0.714. The molecule has 1 aromatic rings. The molecule has 1 N–H and O–H groups in total. The minimum Gasteiger partial charge on any atom is -0.350 e. The molecule has 0 bridgehead atoms. The molecule has 1 aromatic carbocycles. The Hall–Kier alpha value is -1.42. The van der Waals surface area contributed by atoms with E-state index in [0.717, 1.165) is 12.8 Å². The summed E-state index contributed by atoms with van der Waals surface area (Å²) in [6.07, 6.45) is 9.81. The normalized spacial score (nSPS) is 24.4. The summed E-state index contributed by atoms with van der Waals surface area (Å²) in [4.78, 5) is 17.3. The molecule has 10 heteroatoms. The van der Waals surface area contributed by atoms with Crippen LogP contribution in [0.3, 0.4) is 0 Å². The number of hydrogen-bond donors (Lipinski definition) is 1. The number of carbonyl (C=O) groups is 1. The Balaban J connectivity index is 1.43. The van der Waals surface area contributed by atoms with Crippen LogP contribution >= 0.6 is 23.2 Å². The van der Waals surface area contributed by atoms with E-state index in [-0.39, 0.29) is 0 Å². The van der Waals surface area contributed by atoms with Crippen LogP contribution in [0.4, 0.5) is 10.5 Å². The van der Waals surface area contributed by atoms with Gasteiger partial charge in [0.1, 0.15) is 18.3 Å². The lowest BCUT2D eigenvalue weighted by Gasteiger charge is -2.24. The van der Waals surface area contributed by atoms with Crippen molar-refractivity contribution in [1.82, 2.24) is 0 Å². The molecule has 2 saturated heterocycles. The number of nitrogens with one attached hydrogen (secondary N) is 1. The summed E-state index contributed by atoms with van der Waals surface area (Å²) in [5.41, 5.74) is 0.796. The Morgan fingerprint density at radius 1 is 1.00 bits per heavy atom. The molecule has 4 atom stereocenters. The summed E-state index contributed by atoms with van der Waals surface area (Å²) in [5, 5.41) is 7.26. The summed E-state index contributed by atoms with van der Waals surface area (Å²) in [5.74, 6) is -0.778. The fourth-order valence-electron chi connectivity index (χ4n) is 4.71. The molecule has 0 unspecified atom stereocenters. The number of fused-ring (bicyclic) bond motifs is 1. The van der Waals surface area contributed by atoms with Crippen LogP contribution in [0.2, 0.25) is 10.0 Å². The standard InChI is InChI=1S/C28H42Cl2N2O6/c1-5-6-7-8-9-10-11-12-13-14-17-34-26-25-24(36-28(3,4)37-25)23(35-26)19(2)32-38-27(33)31-22-16-15-20(29)18-21(22)30/h15-16,18,23-26H,5-14,17H2,1-4H3,(H,31,33)/b32-19-/t23-,24+,25+,26+/m1/s1. The Labute approximate surface area is 236 Å². The molecule has 2 aliphatic heterocycles. The SMILES string of the molecule is CCCCCCCCCCCCO[C@H]1O[C@H](/C(C)=N\OC(=O)Nc2ccc(Cl)cc2Cl)[C@@H]2OC(C)(C)O[C@H]12. The van der Waals surface area contributed by atoms with Crippen molar-refractivity contribution in [3.8, 4) is 0 Å².